The number of carbonyl (C=O) groups is 6. The summed E-state index contributed by atoms with van der Waals surface area (Å²) < 4.78 is 18.1. The number of aliphatic hydroxyl groups excluding tert-OH is 10. The van der Waals surface area contributed by atoms with E-state index >= 15 is 0 Å². The lowest BCUT2D eigenvalue weighted by Crippen LogP contribution is -2.58. The molecule has 1 saturated heterocycles. The minimum atomic E-state index is -2.59. The molecule has 2 heterocycles. The highest BCUT2D eigenvalue weighted by Gasteiger charge is 2.44. The minimum absolute atomic E-state index is 0.0337. The van der Waals surface area contributed by atoms with Gasteiger partial charge < -0.3 is 86.3 Å². The summed E-state index contributed by atoms with van der Waals surface area (Å²) in [6.07, 6.45) is 9.44. The van der Waals surface area contributed by atoms with Crippen LogP contribution in [0.15, 0.2) is 108 Å². The maximum absolute atomic E-state index is 14.2. The molecular weight excluding hydrogens is 1300 g/mol. The predicted octanol–water partition coefficient (Wildman–Crippen LogP) is 6.77. The molecule has 2 aliphatic heterocycles. The molecule has 2 aliphatic rings. The third-order valence-electron chi connectivity index (χ3n) is 19.9. The smallest absolute Gasteiger partial charge is 0.338 e. The molecule has 0 aromatic carbocycles. The summed E-state index contributed by atoms with van der Waals surface area (Å²) in [5.74, 6) is -11.4. The number of carbonyl (C=O) groups excluding carboxylic acids is 5. The van der Waals surface area contributed by atoms with Gasteiger partial charge in [-0.25, -0.2) is 9.59 Å². The molecular formula is C78H127N3O20. The molecule has 23 unspecified atom stereocenters. The summed E-state index contributed by atoms with van der Waals surface area (Å²) in [6, 6.07) is -4.63. The van der Waals surface area contributed by atoms with Gasteiger partial charge in [-0.15, -0.1) is 0 Å². The first-order chi connectivity index (χ1) is 47.0. The zero-order chi connectivity index (χ0) is 77.1. The Kier molecular flexibility index (Phi) is 39.9. The van der Waals surface area contributed by atoms with Gasteiger partial charge in [-0.3, -0.25) is 19.2 Å². The molecule has 0 aromatic rings. The summed E-state index contributed by atoms with van der Waals surface area (Å²) in [7, 11) is 1.59. The number of fused-ring (bicyclic) bond motifs is 2. The van der Waals surface area contributed by atoms with E-state index < -0.39 is 168 Å². The standard InChI is InChI=1S/C78H127N3O20/c1-42(2)36-57(79-64(87)34-35-78(17,18)74(94)54(15)67(88)43(3)4)71(92)50(11)40-48(9)69(90)46(7)31-33-59(84)53(14)75(95)81-65(55(16)82)73-52(13)58(83)32-30-45(6)68(89)47(8)39-49(10)70(91)51(12)60(85)41-56-37-44(5)38-62(100-56)61(99-19)28-26-24-22-20-21-23-25-27-29-63(86)80-66(76(96)97)72(93)77(98)101-73/h20-30,34-35,39-40,42-44,46-47,50-62,65-73,82-85,88-93H,31-33,36-38,41H2,1-19H3,(H,79,87)(H,80,86)(H,81,95)(H,96,97)/b21-20+,24-22+,25-23+,28-26+,29-27+,35-34+,45-30+,48-40+,49-39+/t44?,46?,47?,50?,51?,52?,53?,54?,55?,56?,57?,58?,59?,60?,61?,62?,65?,66-,67?,68?,69?,70?,71?,72-,73?/m1/s1. The number of allylic oxidation sites excluding steroid dienone is 9. The van der Waals surface area contributed by atoms with Crippen molar-refractivity contribution in [2.75, 3.05) is 7.11 Å². The summed E-state index contributed by atoms with van der Waals surface area (Å²) in [4.78, 5) is 80.5. The first-order valence-corrected chi connectivity index (χ1v) is 35.9. The maximum Gasteiger partial charge on any atom is 0.338 e. The molecule has 23 nitrogen and oxygen atoms in total. The maximum atomic E-state index is 14.2. The minimum Gasteiger partial charge on any atom is -0.480 e. The third kappa shape index (κ3) is 30.1. The van der Waals surface area contributed by atoms with Crippen molar-refractivity contribution in [2.24, 2.45) is 64.6 Å². The quantitative estimate of drug-likeness (QED) is 0.0269. The van der Waals surface area contributed by atoms with Gasteiger partial charge in [0.05, 0.1) is 85.1 Å². The van der Waals surface area contributed by atoms with Gasteiger partial charge in [0, 0.05) is 48.2 Å². The normalized spacial score (nSPS) is 32.5. The highest BCUT2D eigenvalue weighted by molar-refractivity contribution is 5.94. The lowest BCUT2D eigenvalue weighted by molar-refractivity contribution is -0.174. The van der Waals surface area contributed by atoms with Crippen LogP contribution in [0.5, 0.6) is 0 Å². The Morgan fingerprint density at radius 1 is 0.733 bits per heavy atom. The van der Waals surface area contributed by atoms with Crippen LogP contribution in [0.2, 0.25) is 0 Å². The Hall–Kier alpha value is -5.80. The van der Waals surface area contributed by atoms with E-state index in [2.05, 4.69) is 22.9 Å². The van der Waals surface area contributed by atoms with Crippen molar-refractivity contribution in [3.8, 4) is 0 Å². The molecule has 101 heavy (non-hydrogen) atoms. The predicted molar refractivity (Wildman–Crippen MR) is 389 cm³/mol. The van der Waals surface area contributed by atoms with Gasteiger partial charge >= 0.3 is 11.9 Å². The number of ketones is 1. The highest BCUT2D eigenvalue weighted by atomic mass is 16.6. The summed E-state index contributed by atoms with van der Waals surface area (Å²) in [6.45, 7) is 30.6. The lowest BCUT2D eigenvalue weighted by Gasteiger charge is -2.38. The van der Waals surface area contributed by atoms with Crippen molar-refractivity contribution >= 4 is 35.4 Å². The number of esters is 1. The molecule has 0 saturated carbocycles. The van der Waals surface area contributed by atoms with Crippen LogP contribution in [0.4, 0.5) is 0 Å². The van der Waals surface area contributed by atoms with E-state index in [4.69, 9.17) is 14.2 Å². The van der Waals surface area contributed by atoms with E-state index in [1.165, 1.54) is 51.2 Å². The second-order valence-electron chi connectivity index (χ2n) is 30.2. The van der Waals surface area contributed by atoms with Crippen LogP contribution in [-0.4, -0.2) is 202 Å². The van der Waals surface area contributed by atoms with Gasteiger partial charge in [0.15, 0.2) is 12.1 Å². The largest absolute Gasteiger partial charge is 0.480 e. The van der Waals surface area contributed by atoms with Crippen LogP contribution in [0, 0.1) is 64.6 Å². The average molecular weight is 1430 g/mol. The number of aliphatic carboxylic acids is 1. The molecule has 2 rings (SSSR count). The van der Waals surface area contributed by atoms with Gasteiger partial charge in [0.2, 0.25) is 17.7 Å². The zero-order valence-corrected chi connectivity index (χ0v) is 63.3. The number of aliphatic hydroxyl groups is 10. The second kappa shape index (κ2) is 44.1. The van der Waals surface area contributed by atoms with Crippen molar-refractivity contribution in [3.05, 3.63) is 108 Å². The monoisotopic (exact) mass is 1430 g/mol. The Morgan fingerprint density at radius 3 is 1.89 bits per heavy atom. The molecule has 23 heteroatoms. The number of amides is 3. The van der Waals surface area contributed by atoms with Crippen LogP contribution >= 0.6 is 0 Å². The Labute approximate surface area is 600 Å². The topological polar surface area (TPSA) is 389 Å². The number of hydrogen-bond donors (Lipinski definition) is 14. The van der Waals surface area contributed by atoms with E-state index in [0.29, 0.717) is 29.6 Å². The van der Waals surface area contributed by atoms with Gasteiger partial charge in [-0.1, -0.05) is 162 Å². The van der Waals surface area contributed by atoms with Gasteiger partial charge in [-0.2, -0.15) is 0 Å². The molecule has 14 N–H and O–H groups in total. The summed E-state index contributed by atoms with van der Waals surface area (Å²) >= 11 is 0. The fourth-order valence-electron chi connectivity index (χ4n) is 13.0. The summed E-state index contributed by atoms with van der Waals surface area (Å²) in [5, 5.41) is 132. The number of rotatable bonds is 24. The van der Waals surface area contributed by atoms with Gasteiger partial charge in [0.1, 0.15) is 18.0 Å². The van der Waals surface area contributed by atoms with E-state index in [1.807, 2.05) is 39.8 Å². The van der Waals surface area contributed by atoms with Crippen molar-refractivity contribution in [1.29, 1.82) is 0 Å². The Balaban J connectivity index is 2.49. The Bertz CT molecular complexity index is 2890. The second-order valence-corrected chi connectivity index (χ2v) is 30.2. The van der Waals surface area contributed by atoms with Crippen molar-refractivity contribution < 1.29 is 99.1 Å². The summed E-state index contributed by atoms with van der Waals surface area (Å²) in [5.41, 5.74) is 0.290. The first kappa shape index (κ1) is 91.3. The fraction of sp³-hybridized carbons (Fsp3) is 0.692. The number of nitrogens with one attached hydrogen (secondary N) is 3. The first-order valence-electron chi connectivity index (χ1n) is 35.9. The molecule has 0 radical (unpaired) electrons. The van der Waals surface area contributed by atoms with Crippen LogP contribution in [0.3, 0.4) is 0 Å². The highest BCUT2D eigenvalue weighted by Crippen LogP contribution is 2.34. The van der Waals surface area contributed by atoms with Crippen molar-refractivity contribution in [2.45, 2.75) is 273 Å². The van der Waals surface area contributed by atoms with E-state index in [9.17, 15) is 84.9 Å². The SMILES string of the molecule is COC1/C=C/C=C/C=C/C=C/C=C/C(=O)N[C@@H](C(=O)O)[C@@H](O)C(=O)OC(C(NC(=O)C(C)C(O)CCC(C)C(O)/C(C)=C/C(C)C(O)C(CC(C)C)NC(=O)/C=C/C(C)(C)C(=O)C(C)C(O)C(C)C)C(C)O)C(C)C(O)C/C=C(\C)C(O)C(C)/C=C(\C)C(O)C(C)C(O)CC2CC(C)CC1O2. The van der Waals surface area contributed by atoms with Gasteiger partial charge in [-0.05, 0) is 133 Å². The van der Waals surface area contributed by atoms with Crippen LogP contribution in [0.25, 0.3) is 0 Å². The Morgan fingerprint density at radius 2 is 1.33 bits per heavy atom. The van der Waals surface area contributed by atoms with Crippen molar-refractivity contribution in [1.82, 2.24) is 16.0 Å². The molecule has 1 fully saturated rings. The van der Waals surface area contributed by atoms with E-state index in [0.717, 1.165) is 12.5 Å². The molecule has 0 spiro atoms. The average Bonchev–Trinajstić information content (AvgIpc) is 0.838. The molecule has 0 aliphatic carbocycles. The van der Waals surface area contributed by atoms with E-state index in [-0.39, 0.29) is 61.4 Å². The number of carboxylic acid groups (broad SMARTS) is 1. The number of cyclic esters (lactones) is 1. The molecule has 0 aromatic heterocycles. The van der Waals surface area contributed by atoms with Gasteiger partial charge in [0.25, 0.3) is 0 Å². The van der Waals surface area contributed by atoms with E-state index in [1.54, 1.807) is 119 Å². The fourth-order valence-corrected chi connectivity index (χ4v) is 13.0. The molecule has 574 valence electrons. The zero-order valence-electron chi connectivity index (χ0n) is 63.3. The van der Waals surface area contributed by atoms with Crippen LogP contribution < -0.4 is 16.0 Å². The number of carboxylic acids is 1. The number of hydrogen-bond acceptors (Lipinski definition) is 19. The molecule has 25 atom stereocenters. The molecule has 2 bridgehead atoms. The number of Topliss-reactive ketones (excluding diaryl/α,β-unsaturated/α-hetero) is 1. The van der Waals surface area contributed by atoms with Crippen molar-refractivity contribution in [3.63, 3.8) is 0 Å². The third-order valence-corrected chi connectivity index (χ3v) is 19.9. The van der Waals surface area contributed by atoms with Crippen LogP contribution in [0.1, 0.15) is 170 Å². The molecule has 3 amide bonds. The lowest BCUT2D eigenvalue weighted by atomic mass is 9.77. The number of methoxy groups -OCH3 is 1. The number of ether oxygens (including phenoxy) is 3. The van der Waals surface area contributed by atoms with Crippen LogP contribution in [-0.2, 0) is 43.0 Å².